The van der Waals surface area contributed by atoms with Crippen molar-refractivity contribution >= 4 is 17.3 Å². The van der Waals surface area contributed by atoms with Crippen LogP contribution in [-0.2, 0) is 0 Å². The number of hydrogen-bond donors (Lipinski definition) is 1. The molecule has 92 valence electrons. The molecule has 0 amide bonds. The normalized spacial score (nSPS) is 11.4. The van der Waals surface area contributed by atoms with Gasteiger partial charge in [-0.2, -0.15) is 5.26 Å². The van der Waals surface area contributed by atoms with Crippen LogP contribution in [0.2, 0.25) is 5.02 Å². The first kappa shape index (κ1) is 13.8. The van der Waals surface area contributed by atoms with Crippen LogP contribution in [0, 0.1) is 11.3 Å². The second kappa shape index (κ2) is 5.39. The number of nitrogens with one attached hydrogen (secondary N) is 1. The van der Waals surface area contributed by atoms with Crippen molar-refractivity contribution in [1.82, 2.24) is 4.90 Å². The summed E-state index contributed by atoms with van der Waals surface area (Å²) < 4.78 is 0. The van der Waals surface area contributed by atoms with Crippen LogP contribution in [-0.4, -0.2) is 31.1 Å². The zero-order valence-electron chi connectivity index (χ0n) is 10.7. The van der Waals surface area contributed by atoms with E-state index in [1.165, 1.54) is 0 Å². The van der Waals surface area contributed by atoms with E-state index in [-0.39, 0.29) is 5.54 Å². The van der Waals surface area contributed by atoms with Gasteiger partial charge in [0.25, 0.3) is 0 Å². The minimum atomic E-state index is 0.00897. The van der Waals surface area contributed by atoms with E-state index in [2.05, 4.69) is 30.1 Å². The van der Waals surface area contributed by atoms with Gasteiger partial charge in [-0.1, -0.05) is 11.6 Å². The molecule has 0 atom stereocenters. The van der Waals surface area contributed by atoms with Gasteiger partial charge < -0.3 is 10.2 Å². The molecular weight excluding hydrogens is 234 g/mol. The van der Waals surface area contributed by atoms with Gasteiger partial charge in [-0.05, 0) is 46.1 Å². The standard InChI is InChI=1S/C13H18ClN3/c1-13(2,17(3)4)9-16-12-7-11(14)6-5-10(12)8-15/h5-7,16H,9H2,1-4H3. The van der Waals surface area contributed by atoms with Gasteiger partial charge in [0.15, 0.2) is 0 Å². The number of halogens is 1. The first-order valence-electron chi connectivity index (χ1n) is 5.48. The number of hydrogen-bond acceptors (Lipinski definition) is 3. The van der Waals surface area contributed by atoms with Crippen molar-refractivity contribution in [3.05, 3.63) is 28.8 Å². The molecule has 0 saturated carbocycles. The fourth-order valence-corrected chi connectivity index (χ4v) is 1.40. The SMILES string of the molecule is CN(C)C(C)(C)CNc1cc(Cl)ccc1C#N. The fourth-order valence-electron chi connectivity index (χ4n) is 1.23. The molecule has 4 heteroatoms. The molecule has 1 N–H and O–H groups in total. The summed E-state index contributed by atoms with van der Waals surface area (Å²) in [6, 6.07) is 7.39. The van der Waals surface area contributed by atoms with Crippen LogP contribution in [0.3, 0.4) is 0 Å². The summed E-state index contributed by atoms with van der Waals surface area (Å²) >= 11 is 5.93. The van der Waals surface area contributed by atoms with Crippen LogP contribution in [0.5, 0.6) is 0 Å². The molecule has 0 saturated heterocycles. The largest absolute Gasteiger partial charge is 0.382 e. The Bertz CT molecular complexity index is 433. The van der Waals surface area contributed by atoms with E-state index in [0.717, 1.165) is 12.2 Å². The number of nitriles is 1. The lowest BCUT2D eigenvalue weighted by atomic mass is 10.0. The lowest BCUT2D eigenvalue weighted by Gasteiger charge is -2.33. The van der Waals surface area contributed by atoms with Crippen molar-refractivity contribution < 1.29 is 0 Å². The molecule has 0 unspecified atom stereocenters. The Morgan fingerprint density at radius 1 is 1.41 bits per heavy atom. The summed E-state index contributed by atoms with van der Waals surface area (Å²) in [4.78, 5) is 2.14. The maximum Gasteiger partial charge on any atom is 0.101 e. The average molecular weight is 252 g/mol. The van der Waals surface area contributed by atoms with Gasteiger partial charge in [-0.3, -0.25) is 0 Å². The molecule has 1 aromatic rings. The van der Waals surface area contributed by atoms with E-state index in [1.54, 1.807) is 18.2 Å². The summed E-state index contributed by atoms with van der Waals surface area (Å²) in [6.07, 6.45) is 0. The van der Waals surface area contributed by atoms with Crippen molar-refractivity contribution in [3.63, 3.8) is 0 Å². The van der Waals surface area contributed by atoms with Crippen LogP contribution in [0.1, 0.15) is 19.4 Å². The highest BCUT2D eigenvalue weighted by molar-refractivity contribution is 6.30. The number of likely N-dealkylation sites (N-methyl/N-ethyl adjacent to an activating group) is 1. The summed E-state index contributed by atoms with van der Waals surface area (Å²) in [5.74, 6) is 0. The lowest BCUT2D eigenvalue weighted by molar-refractivity contribution is 0.210. The number of rotatable bonds is 4. The second-order valence-electron chi connectivity index (χ2n) is 4.86. The summed E-state index contributed by atoms with van der Waals surface area (Å²) in [6.45, 7) is 5.02. The topological polar surface area (TPSA) is 39.1 Å². The van der Waals surface area contributed by atoms with Gasteiger partial charge >= 0.3 is 0 Å². The van der Waals surface area contributed by atoms with Crippen molar-refractivity contribution in [3.8, 4) is 6.07 Å². The first-order valence-corrected chi connectivity index (χ1v) is 5.85. The smallest absolute Gasteiger partial charge is 0.101 e. The summed E-state index contributed by atoms with van der Waals surface area (Å²) in [5.41, 5.74) is 1.41. The van der Waals surface area contributed by atoms with E-state index in [0.29, 0.717) is 10.6 Å². The Hall–Kier alpha value is -1.24. The highest BCUT2D eigenvalue weighted by Crippen LogP contribution is 2.21. The molecule has 0 spiro atoms. The first-order chi connectivity index (χ1) is 7.86. The predicted octanol–water partition coefficient (Wildman–Crippen LogP) is 2.96. The molecule has 0 bridgehead atoms. The number of nitrogens with zero attached hydrogens (tertiary/aromatic N) is 2. The molecule has 0 aliphatic rings. The Balaban J connectivity index is 2.83. The second-order valence-corrected chi connectivity index (χ2v) is 5.30. The third-order valence-corrected chi connectivity index (χ3v) is 3.26. The van der Waals surface area contributed by atoms with Gasteiger partial charge in [-0.15, -0.1) is 0 Å². The highest BCUT2D eigenvalue weighted by Gasteiger charge is 2.20. The number of anilines is 1. The maximum absolute atomic E-state index is 9.00. The van der Waals surface area contributed by atoms with E-state index >= 15 is 0 Å². The third-order valence-electron chi connectivity index (χ3n) is 3.02. The van der Waals surface area contributed by atoms with Crippen LogP contribution in [0.25, 0.3) is 0 Å². The Morgan fingerprint density at radius 3 is 2.59 bits per heavy atom. The maximum atomic E-state index is 9.00. The Morgan fingerprint density at radius 2 is 2.06 bits per heavy atom. The third kappa shape index (κ3) is 3.62. The van der Waals surface area contributed by atoms with E-state index in [4.69, 9.17) is 16.9 Å². The predicted molar refractivity (Wildman–Crippen MR) is 72.4 cm³/mol. The Kier molecular flexibility index (Phi) is 4.39. The zero-order chi connectivity index (χ0) is 13.1. The summed E-state index contributed by atoms with van der Waals surface area (Å²) in [7, 11) is 4.07. The minimum Gasteiger partial charge on any atom is -0.382 e. The van der Waals surface area contributed by atoms with Crippen LogP contribution in [0.4, 0.5) is 5.69 Å². The van der Waals surface area contributed by atoms with Crippen molar-refractivity contribution in [2.45, 2.75) is 19.4 Å². The van der Waals surface area contributed by atoms with Crippen LogP contribution >= 0.6 is 11.6 Å². The van der Waals surface area contributed by atoms with Gasteiger partial charge in [0.2, 0.25) is 0 Å². The minimum absolute atomic E-state index is 0.00897. The van der Waals surface area contributed by atoms with Gasteiger partial charge in [-0.25, -0.2) is 0 Å². The van der Waals surface area contributed by atoms with Crippen LogP contribution < -0.4 is 5.32 Å². The van der Waals surface area contributed by atoms with Crippen LogP contribution in [0.15, 0.2) is 18.2 Å². The Labute approximate surface area is 108 Å². The zero-order valence-corrected chi connectivity index (χ0v) is 11.5. The molecule has 0 aromatic heterocycles. The van der Waals surface area contributed by atoms with E-state index < -0.39 is 0 Å². The van der Waals surface area contributed by atoms with Crippen molar-refractivity contribution in [2.24, 2.45) is 0 Å². The summed E-state index contributed by atoms with van der Waals surface area (Å²) in [5, 5.41) is 12.9. The van der Waals surface area contributed by atoms with E-state index in [1.807, 2.05) is 14.1 Å². The number of benzene rings is 1. The quantitative estimate of drug-likeness (QED) is 0.894. The highest BCUT2D eigenvalue weighted by atomic mass is 35.5. The molecule has 0 aliphatic carbocycles. The van der Waals surface area contributed by atoms with E-state index in [9.17, 15) is 0 Å². The van der Waals surface area contributed by atoms with Crippen molar-refractivity contribution in [2.75, 3.05) is 26.0 Å². The average Bonchev–Trinajstić information content (AvgIpc) is 2.26. The molecule has 0 radical (unpaired) electrons. The molecule has 0 aliphatic heterocycles. The van der Waals surface area contributed by atoms with Gasteiger partial charge in [0, 0.05) is 17.1 Å². The molecule has 17 heavy (non-hydrogen) atoms. The molecule has 0 fully saturated rings. The molecule has 0 heterocycles. The fraction of sp³-hybridized carbons (Fsp3) is 0.462. The lowest BCUT2D eigenvalue weighted by Crippen LogP contribution is -2.44. The van der Waals surface area contributed by atoms with Gasteiger partial charge in [0.1, 0.15) is 6.07 Å². The molecule has 1 rings (SSSR count). The monoisotopic (exact) mass is 251 g/mol. The van der Waals surface area contributed by atoms with Crippen molar-refractivity contribution in [1.29, 1.82) is 5.26 Å². The molecule has 3 nitrogen and oxygen atoms in total. The molecular formula is C13H18ClN3. The van der Waals surface area contributed by atoms with Gasteiger partial charge in [0.05, 0.1) is 11.3 Å². The molecule has 1 aromatic carbocycles.